The molecule has 1 heterocycles. The SMILES string of the molecule is CCC(NC)c1cnn(CCOCCOCCOC)c1. The zero-order valence-electron chi connectivity index (χ0n) is 12.8. The van der Waals surface area contributed by atoms with Crippen LogP contribution in [0.4, 0.5) is 0 Å². The first-order valence-electron chi connectivity index (χ1n) is 7.15. The molecule has 1 atom stereocenters. The normalized spacial score (nSPS) is 12.8. The molecular formula is C14H27N3O3. The van der Waals surface area contributed by atoms with Crippen molar-refractivity contribution in [1.82, 2.24) is 15.1 Å². The molecule has 6 heteroatoms. The molecule has 6 nitrogen and oxygen atoms in total. The van der Waals surface area contributed by atoms with Crippen molar-refractivity contribution in [3.63, 3.8) is 0 Å². The van der Waals surface area contributed by atoms with Crippen molar-refractivity contribution < 1.29 is 14.2 Å². The Hall–Kier alpha value is -0.950. The number of nitrogens with one attached hydrogen (secondary N) is 1. The maximum Gasteiger partial charge on any atom is 0.0701 e. The van der Waals surface area contributed by atoms with Gasteiger partial charge in [0.1, 0.15) is 0 Å². The van der Waals surface area contributed by atoms with Crippen LogP contribution >= 0.6 is 0 Å². The molecule has 0 fully saturated rings. The van der Waals surface area contributed by atoms with E-state index in [0.717, 1.165) is 13.0 Å². The van der Waals surface area contributed by atoms with Crippen LogP contribution in [0.2, 0.25) is 0 Å². The van der Waals surface area contributed by atoms with Crippen LogP contribution < -0.4 is 5.32 Å². The third-order valence-corrected chi connectivity index (χ3v) is 3.08. The fraction of sp³-hybridized carbons (Fsp3) is 0.786. The van der Waals surface area contributed by atoms with Gasteiger partial charge in [-0.2, -0.15) is 5.10 Å². The van der Waals surface area contributed by atoms with Crippen LogP contribution in [-0.4, -0.2) is 57.0 Å². The van der Waals surface area contributed by atoms with Crippen LogP contribution in [0, 0.1) is 0 Å². The molecule has 1 aromatic heterocycles. The number of rotatable bonds is 12. The smallest absolute Gasteiger partial charge is 0.0701 e. The van der Waals surface area contributed by atoms with Gasteiger partial charge in [-0.15, -0.1) is 0 Å². The quantitative estimate of drug-likeness (QED) is 0.585. The van der Waals surface area contributed by atoms with E-state index in [-0.39, 0.29) is 0 Å². The summed E-state index contributed by atoms with van der Waals surface area (Å²) in [7, 11) is 3.63. The van der Waals surface area contributed by atoms with Crippen LogP contribution in [0.1, 0.15) is 24.9 Å². The first-order valence-corrected chi connectivity index (χ1v) is 7.15. The maximum absolute atomic E-state index is 5.50. The molecule has 0 saturated carbocycles. The van der Waals surface area contributed by atoms with Crippen molar-refractivity contribution in [2.24, 2.45) is 0 Å². The molecule has 116 valence electrons. The fourth-order valence-electron chi connectivity index (χ4n) is 1.91. The summed E-state index contributed by atoms with van der Waals surface area (Å²) >= 11 is 0. The summed E-state index contributed by atoms with van der Waals surface area (Å²) in [5.41, 5.74) is 1.22. The van der Waals surface area contributed by atoms with Gasteiger partial charge in [-0.05, 0) is 13.5 Å². The number of hydrogen-bond acceptors (Lipinski definition) is 5. The molecule has 1 rings (SSSR count). The van der Waals surface area contributed by atoms with E-state index in [2.05, 4.69) is 23.5 Å². The average molecular weight is 285 g/mol. The molecule has 1 unspecified atom stereocenters. The van der Waals surface area contributed by atoms with Crippen molar-refractivity contribution in [3.8, 4) is 0 Å². The van der Waals surface area contributed by atoms with Gasteiger partial charge in [-0.25, -0.2) is 0 Å². The lowest BCUT2D eigenvalue weighted by Gasteiger charge is -2.10. The predicted octanol–water partition coefficient (Wildman–Crippen LogP) is 1.23. The second kappa shape index (κ2) is 10.8. The van der Waals surface area contributed by atoms with Crippen molar-refractivity contribution in [2.45, 2.75) is 25.9 Å². The third-order valence-electron chi connectivity index (χ3n) is 3.08. The van der Waals surface area contributed by atoms with Gasteiger partial charge in [-0.3, -0.25) is 4.68 Å². The van der Waals surface area contributed by atoms with Gasteiger partial charge < -0.3 is 19.5 Å². The second-order valence-corrected chi connectivity index (χ2v) is 4.50. The molecule has 0 bridgehead atoms. The highest BCUT2D eigenvalue weighted by Gasteiger charge is 2.08. The lowest BCUT2D eigenvalue weighted by atomic mass is 10.1. The van der Waals surface area contributed by atoms with E-state index in [9.17, 15) is 0 Å². The summed E-state index contributed by atoms with van der Waals surface area (Å²) in [5, 5.41) is 7.61. The fourth-order valence-corrected chi connectivity index (χ4v) is 1.91. The standard InChI is InChI=1S/C14H27N3O3/c1-4-14(15-2)13-11-16-17(12-13)5-6-19-9-10-20-8-7-18-3/h11-12,14-15H,4-10H2,1-3H3. The van der Waals surface area contributed by atoms with Crippen molar-refractivity contribution >= 4 is 0 Å². The summed E-state index contributed by atoms with van der Waals surface area (Å²) in [6.45, 7) is 6.01. The predicted molar refractivity (Wildman–Crippen MR) is 77.8 cm³/mol. The minimum absolute atomic E-state index is 0.374. The Kier molecular flexibility index (Phi) is 9.23. The largest absolute Gasteiger partial charge is 0.382 e. The van der Waals surface area contributed by atoms with Crippen molar-refractivity contribution in [3.05, 3.63) is 18.0 Å². The van der Waals surface area contributed by atoms with Crippen LogP contribution in [0.25, 0.3) is 0 Å². The summed E-state index contributed by atoms with van der Waals surface area (Å²) < 4.78 is 17.6. The van der Waals surface area contributed by atoms with Gasteiger partial charge in [-0.1, -0.05) is 6.92 Å². The molecule has 0 radical (unpaired) electrons. The molecule has 0 amide bonds. The summed E-state index contributed by atoms with van der Waals surface area (Å²) in [4.78, 5) is 0. The molecule has 1 aromatic rings. The number of methoxy groups -OCH3 is 1. The van der Waals surface area contributed by atoms with E-state index < -0.39 is 0 Å². The van der Waals surface area contributed by atoms with E-state index in [4.69, 9.17) is 14.2 Å². The molecule has 0 saturated heterocycles. The van der Waals surface area contributed by atoms with Crippen LogP contribution in [0.5, 0.6) is 0 Å². The molecule has 0 aromatic carbocycles. The monoisotopic (exact) mass is 285 g/mol. The highest BCUT2D eigenvalue weighted by molar-refractivity contribution is 5.09. The Balaban J connectivity index is 2.10. The number of aromatic nitrogens is 2. The highest BCUT2D eigenvalue weighted by Crippen LogP contribution is 2.14. The molecule has 0 aliphatic carbocycles. The minimum atomic E-state index is 0.374. The van der Waals surface area contributed by atoms with Crippen LogP contribution in [-0.2, 0) is 20.8 Å². The summed E-state index contributed by atoms with van der Waals surface area (Å²) in [5.74, 6) is 0. The Bertz CT molecular complexity index is 340. The van der Waals surface area contributed by atoms with Gasteiger partial charge in [0.05, 0.1) is 45.8 Å². The number of nitrogens with zero attached hydrogens (tertiary/aromatic N) is 2. The van der Waals surface area contributed by atoms with Crippen LogP contribution in [0.15, 0.2) is 12.4 Å². The Morgan fingerprint density at radius 1 is 1.20 bits per heavy atom. The van der Waals surface area contributed by atoms with Gasteiger partial charge in [0, 0.05) is 24.9 Å². The summed E-state index contributed by atoms with van der Waals surface area (Å²) in [6.07, 6.45) is 5.04. The van der Waals surface area contributed by atoms with Gasteiger partial charge in [0.25, 0.3) is 0 Å². The van der Waals surface area contributed by atoms with Gasteiger partial charge in [0.2, 0.25) is 0 Å². The third kappa shape index (κ3) is 6.47. The van der Waals surface area contributed by atoms with Crippen molar-refractivity contribution in [2.75, 3.05) is 47.2 Å². The Labute approximate surface area is 121 Å². The van der Waals surface area contributed by atoms with Crippen LogP contribution in [0.3, 0.4) is 0 Å². The lowest BCUT2D eigenvalue weighted by Crippen LogP contribution is -2.14. The zero-order valence-corrected chi connectivity index (χ0v) is 12.8. The Morgan fingerprint density at radius 3 is 2.55 bits per heavy atom. The van der Waals surface area contributed by atoms with E-state index in [0.29, 0.717) is 39.1 Å². The van der Waals surface area contributed by atoms with E-state index in [1.165, 1.54) is 5.56 Å². The molecule has 1 N–H and O–H groups in total. The number of ether oxygens (including phenoxy) is 3. The highest BCUT2D eigenvalue weighted by atomic mass is 16.5. The molecule has 0 aliphatic rings. The van der Waals surface area contributed by atoms with Crippen molar-refractivity contribution in [1.29, 1.82) is 0 Å². The molecular weight excluding hydrogens is 258 g/mol. The second-order valence-electron chi connectivity index (χ2n) is 4.50. The first-order chi connectivity index (χ1) is 9.81. The number of hydrogen-bond donors (Lipinski definition) is 1. The lowest BCUT2D eigenvalue weighted by molar-refractivity contribution is 0.0225. The maximum atomic E-state index is 5.50. The molecule has 20 heavy (non-hydrogen) atoms. The zero-order chi connectivity index (χ0) is 14.6. The van der Waals surface area contributed by atoms with E-state index in [1.54, 1.807) is 7.11 Å². The minimum Gasteiger partial charge on any atom is -0.382 e. The Morgan fingerprint density at radius 2 is 1.90 bits per heavy atom. The average Bonchev–Trinajstić information content (AvgIpc) is 2.92. The first kappa shape index (κ1) is 17.1. The molecule has 0 spiro atoms. The van der Waals surface area contributed by atoms with E-state index in [1.807, 2.05) is 17.9 Å². The topological polar surface area (TPSA) is 57.5 Å². The van der Waals surface area contributed by atoms with Gasteiger partial charge in [0.15, 0.2) is 0 Å². The van der Waals surface area contributed by atoms with E-state index >= 15 is 0 Å². The molecule has 0 aliphatic heterocycles. The summed E-state index contributed by atoms with van der Waals surface area (Å²) in [6, 6.07) is 0.374. The van der Waals surface area contributed by atoms with Gasteiger partial charge >= 0.3 is 0 Å².